The number of methoxy groups -OCH3 is 2. The zero-order valence-corrected chi connectivity index (χ0v) is 14.2. The zero-order valence-electron chi connectivity index (χ0n) is 14.2. The molecule has 2 N–H and O–H groups in total. The Morgan fingerprint density at radius 1 is 1.28 bits per heavy atom. The average molecular weight is 347 g/mol. The van der Waals surface area contributed by atoms with E-state index in [9.17, 15) is 20.0 Å². The number of hydrogen-bond donors (Lipinski definition) is 2. The minimum absolute atomic E-state index is 0.345. The van der Waals surface area contributed by atoms with Crippen LogP contribution in [0.3, 0.4) is 0 Å². The van der Waals surface area contributed by atoms with Gasteiger partial charge < -0.3 is 19.9 Å². The first-order valence-electron chi connectivity index (χ1n) is 7.96. The van der Waals surface area contributed by atoms with Gasteiger partial charge >= 0.3 is 12.1 Å². The summed E-state index contributed by atoms with van der Waals surface area (Å²) in [6.07, 6.45) is 1.76. The topological polar surface area (TPSA) is 112 Å². The van der Waals surface area contributed by atoms with Gasteiger partial charge in [0.15, 0.2) is 11.5 Å². The van der Waals surface area contributed by atoms with Crippen molar-refractivity contribution < 1.29 is 24.2 Å². The summed E-state index contributed by atoms with van der Waals surface area (Å²) in [6.45, 7) is 0. The number of rotatable bonds is 5. The number of nitrogens with one attached hydrogen (secondary N) is 1. The molecule has 0 radical (unpaired) electrons. The number of nitrogens with zero attached hydrogens (tertiary/aromatic N) is 2. The largest absolute Gasteiger partial charge is 0.493 e. The lowest BCUT2D eigenvalue weighted by Crippen LogP contribution is -2.48. The molecule has 0 aromatic heterocycles. The summed E-state index contributed by atoms with van der Waals surface area (Å²) in [6, 6.07) is 4.65. The van der Waals surface area contributed by atoms with E-state index in [0.29, 0.717) is 29.9 Å². The van der Waals surface area contributed by atoms with Gasteiger partial charge in [0.05, 0.1) is 20.3 Å². The predicted molar refractivity (Wildman–Crippen MR) is 88.6 cm³/mol. The molecule has 0 heterocycles. The van der Waals surface area contributed by atoms with Crippen molar-refractivity contribution in [2.75, 3.05) is 14.2 Å². The van der Waals surface area contributed by atoms with E-state index in [1.807, 2.05) is 6.07 Å². The molecular weight excluding hydrogens is 326 g/mol. The van der Waals surface area contributed by atoms with Crippen LogP contribution >= 0.6 is 0 Å². The van der Waals surface area contributed by atoms with Crippen molar-refractivity contribution in [2.24, 2.45) is 0 Å². The van der Waals surface area contributed by atoms with Gasteiger partial charge in [0.1, 0.15) is 6.04 Å². The Bertz CT molecular complexity index is 679. The van der Waals surface area contributed by atoms with E-state index in [1.54, 1.807) is 18.2 Å². The normalized spacial score (nSPS) is 15.1. The van der Waals surface area contributed by atoms with Gasteiger partial charge in [-0.2, -0.15) is 5.26 Å². The van der Waals surface area contributed by atoms with Crippen LogP contribution in [0.2, 0.25) is 0 Å². The highest BCUT2D eigenvalue weighted by Crippen LogP contribution is 2.30. The number of benzene rings is 1. The Balaban J connectivity index is 2.19. The Kier molecular flexibility index (Phi) is 6.06. The highest BCUT2D eigenvalue weighted by atomic mass is 16.5. The third-order valence-electron chi connectivity index (χ3n) is 4.25. The highest BCUT2D eigenvalue weighted by Gasteiger charge is 2.33. The van der Waals surface area contributed by atoms with E-state index >= 15 is 0 Å². The van der Waals surface area contributed by atoms with Crippen molar-refractivity contribution in [2.45, 2.75) is 37.8 Å². The fraction of sp³-hybridized carbons (Fsp3) is 0.471. The van der Waals surface area contributed by atoms with Crippen molar-refractivity contribution in [1.82, 2.24) is 10.2 Å². The monoisotopic (exact) mass is 347 g/mol. The molecule has 8 nitrogen and oxygen atoms in total. The number of hydrogen-bond acceptors (Lipinski definition) is 5. The summed E-state index contributed by atoms with van der Waals surface area (Å²) in [7, 11) is 2.96. The van der Waals surface area contributed by atoms with Crippen molar-refractivity contribution in [3.8, 4) is 17.6 Å². The molecule has 0 aliphatic heterocycles. The van der Waals surface area contributed by atoms with Crippen molar-refractivity contribution in [3.63, 3.8) is 0 Å². The Morgan fingerprint density at radius 3 is 2.44 bits per heavy atom. The average Bonchev–Trinajstić information content (AvgIpc) is 3.12. The number of amides is 3. The molecule has 8 heteroatoms. The third kappa shape index (κ3) is 4.12. The Labute approximate surface area is 145 Å². The van der Waals surface area contributed by atoms with Gasteiger partial charge in [-0.15, -0.1) is 0 Å². The lowest BCUT2D eigenvalue weighted by Gasteiger charge is -2.25. The van der Waals surface area contributed by atoms with Gasteiger partial charge in [-0.05, 0) is 30.5 Å². The molecule has 0 spiro atoms. The standard InChI is InChI=1S/C17H21N3O5/c1-24-14-8-7-11(9-15(14)25-2)13(10-18)19-16(21)20(17(22)23)12-5-3-4-6-12/h7-9,12-13H,3-6H2,1-2H3,(H,19,21)(H,22,23)/t13-/m1/s1. The third-order valence-corrected chi connectivity index (χ3v) is 4.25. The summed E-state index contributed by atoms with van der Waals surface area (Å²) >= 11 is 0. The van der Waals surface area contributed by atoms with Crippen molar-refractivity contribution in [3.05, 3.63) is 23.8 Å². The molecule has 1 aromatic carbocycles. The van der Waals surface area contributed by atoms with Crippen molar-refractivity contribution >= 4 is 12.1 Å². The van der Waals surface area contributed by atoms with E-state index in [0.717, 1.165) is 17.7 Å². The molecule has 1 aliphatic carbocycles. The highest BCUT2D eigenvalue weighted by molar-refractivity contribution is 5.90. The van der Waals surface area contributed by atoms with Crippen LogP contribution in [0.4, 0.5) is 9.59 Å². The first kappa shape index (κ1) is 18.4. The second-order valence-corrected chi connectivity index (χ2v) is 5.72. The van der Waals surface area contributed by atoms with E-state index in [1.165, 1.54) is 14.2 Å². The number of carboxylic acid groups (broad SMARTS) is 1. The fourth-order valence-electron chi connectivity index (χ4n) is 2.99. The Hall–Kier alpha value is -2.95. The maximum absolute atomic E-state index is 12.4. The lowest BCUT2D eigenvalue weighted by atomic mass is 10.1. The van der Waals surface area contributed by atoms with Crippen LogP contribution in [0, 0.1) is 11.3 Å². The molecule has 1 aliphatic rings. The molecule has 1 saturated carbocycles. The van der Waals surface area contributed by atoms with Gasteiger partial charge in [0, 0.05) is 6.04 Å². The quantitative estimate of drug-likeness (QED) is 0.847. The van der Waals surface area contributed by atoms with Crippen LogP contribution in [0.15, 0.2) is 18.2 Å². The molecule has 0 bridgehead atoms. The van der Waals surface area contributed by atoms with E-state index in [4.69, 9.17) is 9.47 Å². The molecule has 1 atom stereocenters. The summed E-state index contributed by atoms with van der Waals surface area (Å²) in [5.41, 5.74) is 0.477. The predicted octanol–water partition coefficient (Wildman–Crippen LogP) is 2.90. The Morgan fingerprint density at radius 2 is 1.92 bits per heavy atom. The molecule has 1 fully saturated rings. The number of nitriles is 1. The van der Waals surface area contributed by atoms with Crippen LogP contribution in [0.25, 0.3) is 0 Å². The van der Waals surface area contributed by atoms with E-state index < -0.39 is 18.2 Å². The second-order valence-electron chi connectivity index (χ2n) is 5.72. The maximum Gasteiger partial charge on any atom is 0.415 e. The van der Waals surface area contributed by atoms with Gasteiger partial charge in [0.25, 0.3) is 0 Å². The van der Waals surface area contributed by atoms with Gasteiger partial charge in [-0.3, -0.25) is 0 Å². The number of carbonyl (C=O) groups is 2. The van der Waals surface area contributed by atoms with Crippen molar-refractivity contribution in [1.29, 1.82) is 5.26 Å². The van der Waals surface area contributed by atoms with Gasteiger partial charge in [0.2, 0.25) is 0 Å². The van der Waals surface area contributed by atoms with Crippen LogP contribution in [-0.4, -0.2) is 42.4 Å². The van der Waals surface area contributed by atoms with E-state index in [2.05, 4.69) is 5.32 Å². The lowest BCUT2D eigenvalue weighted by molar-refractivity contribution is 0.131. The first-order valence-corrected chi connectivity index (χ1v) is 7.96. The first-order chi connectivity index (χ1) is 12.0. The number of urea groups is 1. The molecule has 3 amide bonds. The minimum atomic E-state index is -1.31. The maximum atomic E-state index is 12.4. The number of ether oxygens (including phenoxy) is 2. The molecule has 25 heavy (non-hydrogen) atoms. The van der Waals surface area contributed by atoms with Gasteiger partial charge in [-0.25, -0.2) is 14.5 Å². The molecule has 0 unspecified atom stereocenters. The summed E-state index contributed by atoms with van der Waals surface area (Å²) in [4.78, 5) is 24.7. The van der Waals surface area contributed by atoms with E-state index in [-0.39, 0.29) is 6.04 Å². The number of imide groups is 1. The fourth-order valence-corrected chi connectivity index (χ4v) is 2.99. The van der Waals surface area contributed by atoms with Crippen LogP contribution in [0.1, 0.15) is 37.3 Å². The second kappa shape index (κ2) is 8.24. The SMILES string of the molecule is COc1ccc([C@@H](C#N)NC(=O)N(C(=O)O)C2CCCC2)cc1OC. The summed E-state index contributed by atoms with van der Waals surface area (Å²) < 4.78 is 10.3. The van der Waals surface area contributed by atoms with Crippen LogP contribution in [0.5, 0.6) is 11.5 Å². The summed E-state index contributed by atoms with van der Waals surface area (Å²) in [5, 5.41) is 21.2. The molecular formula is C17H21N3O5. The van der Waals surface area contributed by atoms with Crippen LogP contribution in [-0.2, 0) is 0 Å². The zero-order chi connectivity index (χ0) is 18.4. The number of carbonyl (C=O) groups excluding carboxylic acids is 1. The smallest absolute Gasteiger partial charge is 0.415 e. The molecule has 2 rings (SSSR count). The molecule has 0 saturated heterocycles. The minimum Gasteiger partial charge on any atom is -0.493 e. The van der Waals surface area contributed by atoms with Gasteiger partial charge in [-0.1, -0.05) is 18.9 Å². The summed E-state index contributed by atoms with van der Waals surface area (Å²) in [5.74, 6) is 0.910. The molecule has 1 aromatic rings. The van der Waals surface area contributed by atoms with Crippen LogP contribution < -0.4 is 14.8 Å². The molecule has 134 valence electrons.